The molecule has 0 aromatic carbocycles. The minimum Gasteiger partial charge on any atom is -0.396 e. The van der Waals surface area contributed by atoms with Crippen molar-refractivity contribution in [2.24, 2.45) is 5.92 Å². The molecule has 0 fully saturated rings. The van der Waals surface area contributed by atoms with Crippen LogP contribution in [0.2, 0.25) is 0 Å². The Hall–Kier alpha value is -0.0800. The number of hydrogen-bond acceptors (Lipinski definition) is 2. The molecule has 0 saturated heterocycles. The first-order valence-corrected chi connectivity index (χ1v) is 6.55. The van der Waals surface area contributed by atoms with Crippen molar-refractivity contribution in [2.45, 2.75) is 65.3 Å². The highest BCUT2D eigenvalue weighted by Gasteiger charge is 2.02. The SMILES string of the molecule is CCCCCC(C)NCCCC(C)CO. The average Bonchev–Trinajstić information content (AvgIpc) is 2.24. The first-order chi connectivity index (χ1) is 7.20. The Morgan fingerprint density at radius 1 is 1.07 bits per heavy atom. The quantitative estimate of drug-likeness (QED) is 0.549. The lowest BCUT2D eigenvalue weighted by atomic mass is 10.1. The summed E-state index contributed by atoms with van der Waals surface area (Å²) in [6, 6.07) is 0.654. The normalized spacial score (nSPS) is 15.2. The first-order valence-electron chi connectivity index (χ1n) is 6.55. The molecule has 0 aliphatic heterocycles. The minimum absolute atomic E-state index is 0.325. The molecule has 0 heterocycles. The lowest BCUT2D eigenvalue weighted by Gasteiger charge is -2.14. The van der Waals surface area contributed by atoms with Gasteiger partial charge in [0.1, 0.15) is 0 Å². The minimum atomic E-state index is 0.325. The van der Waals surface area contributed by atoms with Crippen LogP contribution >= 0.6 is 0 Å². The zero-order valence-corrected chi connectivity index (χ0v) is 10.8. The molecule has 0 aromatic heterocycles. The summed E-state index contributed by atoms with van der Waals surface area (Å²) in [5.74, 6) is 0.460. The number of unbranched alkanes of at least 4 members (excludes halogenated alkanes) is 2. The van der Waals surface area contributed by atoms with Crippen LogP contribution in [0.15, 0.2) is 0 Å². The number of aliphatic hydroxyl groups is 1. The largest absolute Gasteiger partial charge is 0.396 e. The Kier molecular flexibility index (Phi) is 10.4. The summed E-state index contributed by atoms with van der Waals surface area (Å²) in [6.45, 7) is 8.04. The van der Waals surface area contributed by atoms with E-state index in [2.05, 4.69) is 26.1 Å². The smallest absolute Gasteiger partial charge is 0.0456 e. The molecule has 2 nitrogen and oxygen atoms in total. The van der Waals surface area contributed by atoms with Gasteiger partial charge in [-0.1, -0.05) is 33.1 Å². The maximum absolute atomic E-state index is 8.87. The van der Waals surface area contributed by atoms with Crippen molar-refractivity contribution in [1.29, 1.82) is 0 Å². The van der Waals surface area contributed by atoms with Crippen molar-refractivity contribution in [3.05, 3.63) is 0 Å². The average molecular weight is 215 g/mol. The van der Waals surface area contributed by atoms with Crippen LogP contribution in [-0.2, 0) is 0 Å². The van der Waals surface area contributed by atoms with Gasteiger partial charge in [-0.15, -0.1) is 0 Å². The van der Waals surface area contributed by atoms with Crippen molar-refractivity contribution in [2.75, 3.05) is 13.2 Å². The molecule has 0 saturated carbocycles. The van der Waals surface area contributed by atoms with E-state index in [1.165, 1.54) is 32.1 Å². The molecule has 0 aromatic rings. The molecule has 2 unspecified atom stereocenters. The van der Waals surface area contributed by atoms with Crippen molar-refractivity contribution in [3.8, 4) is 0 Å². The Morgan fingerprint density at radius 3 is 2.40 bits per heavy atom. The molecule has 15 heavy (non-hydrogen) atoms. The lowest BCUT2D eigenvalue weighted by Crippen LogP contribution is -2.27. The van der Waals surface area contributed by atoms with Crippen LogP contribution in [0, 0.1) is 5.92 Å². The van der Waals surface area contributed by atoms with E-state index in [1.807, 2.05) is 0 Å². The standard InChI is InChI=1S/C13H29NO/c1-4-5-6-9-13(3)14-10-7-8-12(2)11-15/h12-15H,4-11H2,1-3H3. The van der Waals surface area contributed by atoms with E-state index in [9.17, 15) is 0 Å². The van der Waals surface area contributed by atoms with Crippen LogP contribution in [0.3, 0.4) is 0 Å². The molecule has 2 N–H and O–H groups in total. The summed E-state index contributed by atoms with van der Waals surface area (Å²) in [5.41, 5.74) is 0. The van der Waals surface area contributed by atoms with Crippen molar-refractivity contribution < 1.29 is 5.11 Å². The summed E-state index contributed by atoms with van der Waals surface area (Å²) in [4.78, 5) is 0. The maximum atomic E-state index is 8.87. The van der Waals surface area contributed by atoms with Crippen LogP contribution in [-0.4, -0.2) is 24.3 Å². The second-order valence-corrected chi connectivity index (χ2v) is 4.78. The summed E-state index contributed by atoms with van der Waals surface area (Å²) in [7, 11) is 0. The highest BCUT2D eigenvalue weighted by molar-refractivity contribution is 4.61. The van der Waals surface area contributed by atoms with Crippen molar-refractivity contribution in [3.63, 3.8) is 0 Å². The topological polar surface area (TPSA) is 32.3 Å². The fourth-order valence-corrected chi connectivity index (χ4v) is 1.69. The van der Waals surface area contributed by atoms with E-state index in [0.29, 0.717) is 18.6 Å². The summed E-state index contributed by atoms with van der Waals surface area (Å²) in [6.07, 6.45) is 7.61. The third-order valence-corrected chi connectivity index (χ3v) is 2.92. The van der Waals surface area contributed by atoms with Gasteiger partial charge in [-0.25, -0.2) is 0 Å². The second-order valence-electron chi connectivity index (χ2n) is 4.78. The van der Waals surface area contributed by atoms with Gasteiger partial charge in [0.05, 0.1) is 0 Å². The lowest BCUT2D eigenvalue weighted by molar-refractivity contribution is 0.227. The molecule has 2 heteroatoms. The number of rotatable bonds is 10. The fraction of sp³-hybridized carbons (Fsp3) is 1.00. The molecule has 0 bridgehead atoms. The van der Waals surface area contributed by atoms with E-state index in [1.54, 1.807) is 0 Å². The third kappa shape index (κ3) is 10.2. The van der Waals surface area contributed by atoms with E-state index < -0.39 is 0 Å². The molecular formula is C13H29NO. The Labute approximate surface area is 95.5 Å². The van der Waals surface area contributed by atoms with Crippen LogP contribution < -0.4 is 5.32 Å². The van der Waals surface area contributed by atoms with E-state index >= 15 is 0 Å². The van der Waals surface area contributed by atoms with Gasteiger partial charge in [0.15, 0.2) is 0 Å². The van der Waals surface area contributed by atoms with Crippen molar-refractivity contribution in [1.82, 2.24) is 5.32 Å². The van der Waals surface area contributed by atoms with Gasteiger partial charge >= 0.3 is 0 Å². The van der Waals surface area contributed by atoms with Gasteiger partial charge in [-0.3, -0.25) is 0 Å². The van der Waals surface area contributed by atoms with Crippen LogP contribution in [0.1, 0.15) is 59.3 Å². The van der Waals surface area contributed by atoms with Crippen molar-refractivity contribution >= 4 is 0 Å². The molecule has 0 radical (unpaired) electrons. The van der Waals surface area contributed by atoms with Crippen LogP contribution in [0.5, 0.6) is 0 Å². The predicted octanol–water partition coefficient (Wildman–Crippen LogP) is 2.95. The maximum Gasteiger partial charge on any atom is 0.0456 e. The first kappa shape index (κ1) is 14.9. The second kappa shape index (κ2) is 10.4. The number of nitrogens with one attached hydrogen (secondary N) is 1. The third-order valence-electron chi connectivity index (χ3n) is 2.92. The Bertz CT molecular complexity index is 128. The monoisotopic (exact) mass is 215 g/mol. The van der Waals surface area contributed by atoms with Gasteiger partial charge in [-0.2, -0.15) is 0 Å². The molecule has 0 aliphatic rings. The highest BCUT2D eigenvalue weighted by atomic mass is 16.3. The molecule has 0 rings (SSSR count). The molecule has 0 amide bonds. The molecule has 2 atom stereocenters. The van der Waals surface area contributed by atoms with Gasteiger partial charge in [0.25, 0.3) is 0 Å². The fourth-order valence-electron chi connectivity index (χ4n) is 1.69. The molecular weight excluding hydrogens is 186 g/mol. The number of hydrogen-bond donors (Lipinski definition) is 2. The molecule has 92 valence electrons. The Balaban J connectivity index is 3.19. The zero-order valence-electron chi connectivity index (χ0n) is 10.8. The predicted molar refractivity (Wildman–Crippen MR) is 67.1 cm³/mol. The van der Waals surface area contributed by atoms with Crippen LogP contribution in [0.4, 0.5) is 0 Å². The van der Waals surface area contributed by atoms with Gasteiger partial charge in [0.2, 0.25) is 0 Å². The van der Waals surface area contributed by atoms with E-state index in [-0.39, 0.29) is 0 Å². The summed E-state index contributed by atoms with van der Waals surface area (Å²) >= 11 is 0. The Morgan fingerprint density at radius 2 is 1.80 bits per heavy atom. The van der Waals surface area contributed by atoms with E-state index in [0.717, 1.165) is 13.0 Å². The molecule has 0 spiro atoms. The van der Waals surface area contributed by atoms with Gasteiger partial charge < -0.3 is 10.4 Å². The zero-order chi connectivity index (χ0) is 11.5. The highest BCUT2D eigenvalue weighted by Crippen LogP contribution is 2.05. The van der Waals surface area contributed by atoms with Crippen LogP contribution in [0.25, 0.3) is 0 Å². The van der Waals surface area contributed by atoms with Gasteiger partial charge in [0, 0.05) is 12.6 Å². The summed E-state index contributed by atoms with van der Waals surface area (Å²) < 4.78 is 0. The van der Waals surface area contributed by atoms with Gasteiger partial charge in [-0.05, 0) is 38.6 Å². The molecule has 0 aliphatic carbocycles. The summed E-state index contributed by atoms with van der Waals surface area (Å²) in [5, 5.41) is 12.4. The number of aliphatic hydroxyl groups excluding tert-OH is 1. The van der Waals surface area contributed by atoms with E-state index in [4.69, 9.17) is 5.11 Å².